The average Bonchev–Trinajstić information content (AvgIpc) is 2.89. The smallest absolute Gasteiger partial charge is 0.240 e. The number of hydrogen-bond donors (Lipinski definition) is 2. The zero-order valence-corrected chi connectivity index (χ0v) is 13.1. The third-order valence-electron chi connectivity index (χ3n) is 4.00. The van der Waals surface area contributed by atoms with Crippen LogP contribution >= 0.6 is 15.9 Å². The normalized spacial score (nSPS) is 24.2. The maximum Gasteiger partial charge on any atom is 0.240 e. The Hall–Kier alpha value is -0.870. The third-order valence-corrected chi connectivity index (χ3v) is 4.53. The molecule has 0 saturated carbocycles. The van der Waals surface area contributed by atoms with Crippen molar-refractivity contribution in [3.63, 3.8) is 0 Å². The Morgan fingerprint density at radius 1 is 1.47 bits per heavy atom. The molecule has 1 unspecified atom stereocenters. The summed E-state index contributed by atoms with van der Waals surface area (Å²) in [7, 11) is 0. The van der Waals surface area contributed by atoms with Gasteiger partial charge in [0.2, 0.25) is 5.91 Å². The third kappa shape index (κ3) is 3.18. The van der Waals surface area contributed by atoms with Crippen molar-refractivity contribution in [3.8, 4) is 0 Å². The molecule has 2 N–H and O–H groups in total. The SMILES string of the molecule is CCC1(C(=O)N[C@H](C)c2ccc(Br)cc2)CCCN1. The molecule has 1 aromatic carbocycles. The van der Waals surface area contributed by atoms with Crippen LogP contribution in [0.5, 0.6) is 0 Å². The number of halogens is 1. The lowest BCUT2D eigenvalue weighted by atomic mass is 9.92. The Kier molecular flexibility index (Phi) is 4.63. The fourth-order valence-electron chi connectivity index (χ4n) is 2.63. The van der Waals surface area contributed by atoms with E-state index in [9.17, 15) is 4.79 Å². The first-order valence-corrected chi connectivity index (χ1v) is 7.68. The molecule has 2 rings (SSSR count). The summed E-state index contributed by atoms with van der Waals surface area (Å²) in [5.41, 5.74) is 0.768. The molecule has 1 saturated heterocycles. The Bertz CT molecular complexity index is 438. The molecule has 0 aromatic heterocycles. The monoisotopic (exact) mass is 324 g/mol. The summed E-state index contributed by atoms with van der Waals surface area (Å²) in [6, 6.07) is 8.11. The average molecular weight is 325 g/mol. The van der Waals surface area contributed by atoms with E-state index < -0.39 is 0 Å². The quantitative estimate of drug-likeness (QED) is 0.893. The summed E-state index contributed by atoms with van der Waals surface area (Å²) in [6.45, 7) is 5.04. The van der Waals surface area contributed by atoms with Crippen LogP contribution in [0, 0.1) is 0 Å². The molecule has 104 valence electrons. The molecule has 3 nitrogen and oxygen atoms in total. The second kappa shape index (κ2) is 6.06. The molecule has 19 heavy (non-hydrogen) atoms. The van der Waals surface area contributed by atoms with Crippen LogP contribution in [0.25, 0.3) is 0 Å². The summed E-state index contributed by atoms with van der Waals surface area (Å²) in [4.78, 5) is 12.5. The van der Waals surface area contributed by atoms with Gasteiger partial charge < -0.3 is 10.6 Å². The molecular weight excluding hydrogens is 304 g/mol. The van der Waals surface area contributed by atoms with E-state index in [0.29, 0.717) is 0 Å². The Balaban J connectivity index is 2.04. The van der Waals surface area contributed by atoms with E-state index in [-0.39, 0.29) is 17.5 Å². The van der Waals surface area contributed by atoms with Gasteiger partial charge in [-0.15, -0.1) is 0 Å². The highest BCUT2D eigenvalue weighted by atomic mass is 79.9. The number of hydrogen-bond acceptors (Lipinski definition) is 2. The maximum absolute atomic E-state index is 12.5. The molecule has 0 bridgehead atoms. The van der Waals surface area contributed by atoms with Gasteiger partial charge in [0.15, 0.2) is 0 Å². The first kappa shape index (κ1) is 14.5. The maximum atomic E-state index is 12.5. The van der Waals surface area contributed by atoms with Crippen molar-refractivity contribution in [1.82, 2.24) is 10.6 Å². The van der Waals surface area contributed by atoms with E-state index in [0.717, 1.165) is 35.8 Å². The minimum Gasteiger partial charge on any atom is -0.348 e. The van der Waals surface area contributed by atoms with Crippen molar-refractivity contribution in [2.75, 3.05) is 6.54 Å². The number of rotatable bonds is 4. The fraction of sp³-hybridized carbons (Fsp3) is 0.533. The van der Waals surface area contributed by atoms with Gasteiger partial charge in [0.1, 0.15) is 0 Å². The second-order valence-electron chi connectivity index (χ2n) is 5.21. The molecule has 0 aliphatic carbocycles. The highest BCUT2D eigenvalue weighted by molar-refractivity contribution is 9.10. The molecular formula is C15H21BrN2O. The van der Waals surface area contributed by atoms with Crippen LogP contribution in [0.4, 0.5) is 0 Å². The lowest BCUT2D eigenvalue weighted by Gasteiger charge is -2.28. The van der Waals surface area contributed by atoms with Crippen LogP contribution in [-0.4, -0.2) is 18.0 Å². The fourth-order valence-corrected chi connectivity index (χ4v) is 2.90. The second-order valence-corrected chi connectivity index (χ2v) is 6.13. The molecule has 4 heteroatoms. The van der Waals surface area contributed by atoms with Crippen molar-refractivity contribution in [2.45, 2.75) is 44.7 Å². The summed E-state index contributed by atoms with van der Waals surface area (Å²) in [6.07, 6.45) is 2.85. The highest BCUT2D eigenvalue weighted by Gasteiger charge is 2.39. The predicted molar refractivity (Wildman–Crippen MR) is 81.0 cm³/mol. The lowest BCUT2D eigenvalue weighted by Crippen LogP contribution is -2.53. The largest absolute Gasteiger partial charge is 0.348 e. The molecule has 1 aliphatic rings. The van der Waals surface area contributed by atoms with Gasteiger partial charge in [-0.3, -0.25) is 4.79 Å². The topological polar surface area (TPSA) is 41.1 Å². The van der Waals surface area contributed by atoms with Crippen molar-refractivity contribution >= 4 is 21.8 Å². The van der Waals surface area contributed by atoms with Crippen LogP contribution in [0.2, 0.25) is 0 Å². The van der Waals surface area contributed by atoms with Crippen molar-refractivity contribution in [1.29, 1.82) is 0 Å². The number of nitrogens with one attached hydrogen (secondary N) is 2. The van der Waals surface area contributed by atoms with Gasteiger partial charge in [-0.1, -0.05) is 35.0 Å². The zero-order chi connectivity index (χ0) is 13.9. The molecule has 1 aromatic rings. The molecule has 2 atom stereocenters. The molecule has 1 fully saturated rings. The molecule has 1 amide bonds. The minimum absolute atomic E-state index is 0.0337. The Labute approximate surface area is 123 Å². The van der Waals surface area contributed by atoms with Gasteiger partial charge in [0.05, 0.1) is 11.6 Å². The summed E-state index contributed by atoms with van der Waals surface area (Å²) >= 11 is 3.42. The molecule has 0 spiro atoms. The first-order valence-electron chi connectivity index (χ1n) is 6.89. The van der Waals surface area contributed by atoms with Crippen LogP contribution in [-0.2, 0) is 4.79 Å². The van der Waals surface area contributed by atoms with Crippen molar-refractivity contribution < 1.29 is 4.79 Å². The zero-order valence-electron chi connectivity index (χ0n) is 11.5. The van der Waals surface area contributed by atoms with Gasteiger partial charge in [-0.2, -0.15) is 0 Å². The van der Waals surface area contributed by atoms with Crippen molar-refractivity contribution in [3.05, 3.63) is 34.3 Å². The Morgan fingerprint density at radius 3 is 2.68 bits per heavy atom. The molecule has 1 heterocycles. The standard InChI is InChI=1S/C15H21BrN2O/c1-3-15(9-4-10-17-15)14(19)18-11(2)12-5-7-13(16)8-6-12/h5-8,11,17H,3-4,9-10H2,1-2H3,(H,18,19)/t11-,15?/m1/s1. The molecule has 0 radical (unpaired) electrons. The summed E-state index contributed by atoms with van der Waals surface area (Å²) < 4.78 is 1.05. The Morgan fingerprint density at radius 2 is 2.16 bits per heavy atom. The molecule has 1 aliphatic heterocycles. The summed E-state index contributed by atoms with van der Waals surface area (Å²) in [5, 5.41) is 6.50. The van der Waals surface area contributed by atoms with Crippen LogP contribution in [0.15, 0.2) is 28.7 Å². The van der Waals surface area contributed by atoms with E-state index in [2.05, 4.69) is 33.5 Å². The van der Waals surface area contributed by atoms with Crippen LogP contribution < -0.4 is 10.6 Å². The first-order chi connectivity index (χ1) is 9.07. The van der Waals surface area contributed by atoms with Gasteiger partial charge in [0.25, 0.3) is 0 Å². The predicted octanol–water partition coefficient (Wildman–Crippen LogP) is 3.16. The number of carbonyl (C=O) groups excluding carboxylic acids is 1. The van der Waals surface area contributed by atoms with E-state index in [1.165, 1.54) is 0 Å². The summed E-state index contributed by atoms with van der Waals surface area (Å²) in [5.74, 6) is 0.128. The van der Waals surface area contributed by atoms with Crippen LogP contribution in [0.3, 0.4) is 0 Å². The van der Waals surface area contributed by atoms with Crippen LogP contribution in [0.1, 0.15) is 44.7 Å². The van der Waals surface area contributed by atoms with E-state index in [4.69, 9.17) is 0 Å². The van der Waals surface area contributed by atoms with Gasteiger partial charge in [-0.05, 0) is 50.4 Å². The van der Waals surface area contributed by atoms with Crippen molar-refractivity contribution in [2.24, 2.45) is 0 Å². The lowest BCUT2D eigenvalue weighted by molar-refractivity contribution is -0.128. The van der Waals surface area contributed by atoms with E-state index in [1.807, 2.05) is 31.2 Å². The number of benzene rings is 1. The number of amides is 1. The van der Waals surface area contributed by atoms with Gasteiger partial charge in [0, 0.05) is 4.47 Å². The number of carbonyl (C=O) groups is 1. The van der Waals surface area contributed by atoms with Gasteiger partial charge in [-0.25, -0.2) is 0 Å². The van der Waals surface area contributed by atoms with Gasteiger partial charge >= 0.3 is 0 Å². The minimum atomic E-state index is -0.358. The van der Waals surface area contributed by atoms with E-state index in [1.54, 1.807) is 0 Å². The highest BCUT2D eigenvalue weighted by Crippen LogP contribution is 2.25. The van der Waals surface area contributed by atoms with E-state index >= 15 is 0 Å².